The molecule has 2 aromatic heterocycles. The van der Waals surface area contributed by atoms with E-state index < -0.39 is 0 Å². The van der Waals surface area contributed by atoms with E-state index in [-0.39, 0.29) is 5.82 Å². The number of nitrogens with zero attached hydrogens (tertiary/aromatic N) is 3. The lowest BCUT2D eigenvalue weighted by atomic mass is 10.1. The number of aromatic amines is 1. The molecule has 7 heteroatoms. The summed E-state index contributed by atoms with van der Waals surface area (Å²) >= 11 is 0. The second-order valence-corrected chi connectivity index (χ2v) is 6.94. The van der Waals surface area contributed by atoms with Crippen LogP contribution in [0.1, 0.15) is 18.4 Å². The van der Waals surface area contributed by atoms with Gasteiger partial charge in [0.05, 0.1) is 6.54 Å². The largest absolute Gasteiger partial charge is 0.361 e. The Labute approximate surface area is 155 Å². The first-order valence-corrected chi connectivity index (χ1v) is 9.09. The molecule has 0 saturated heterocycles. The standard InChI is InChI=1S/C20H19FN6/c21-15-7-14(16-3-5-22-17(16)9-15)11-25-20-23-6-4-18(27-20)26-19-8-13(10-24-19)12-1-2-12/h3-9,12,22H,1-2,10-11H2,(H2,23,24,25,26,27). The number of halogens is 1. The lowest BCUT2D eigenvalue weighted by molar-refractivity contribution is 0.627. The third kappa shape index (κ3) is 3.40. The summed E-state index contributed by atoms with van der Waals surface area (Å²) in [5.74, 6) is 2.48. The lowest BCUT2D eigenvalue weighted by Gasteiger charge is -2.09. The van der Waals surface area contributed by atoms with E-state index in [1.54, 1.807) is 12.4 Å². The maximum absolute atomic E-state index is 13.8. The highest BCUT2D eigenvalue weighted by atomic mass is 19.1. The van der Waals surface area contributed by atoms with Crippen molar-refractivity contribution >= 4 is 28.5 Å². The van der Waals surface area contributed by atoms with Crippen LogP contribution in [-0.4, -0.2) is 27.3 Å². The number of nitrogens with one attached hydrogen (secondary N) is 3. The molecule has 1 saturated carbocycles. The molecular weight excluding hydrogens is 343 g/mol. The molecule has 136 valence electrons. The summed E-state index contributed by atoms with van der Waals surface area (Å²) in [6.45, 7) is 1.22. The zero-order valence-corrected chi connectivity index (χ0v) is 14.7. The van der Waals surface area contributed by atoms with E-state index in [1.807, 2.05) is 12.1 Å². The number of rotatable bonds is 5. The molecule has 1 aliphatic heterocycles. The van der Waals surface area contributed by atoms with Gasteiger partial charge in [0.25, 0.3) is 0 Å². The van der Waals surface area contributed by atoms with E-state index in [4.69, 9.17) is 0 Å². The quantitative estimate of drug-likeness (QED) is 0.644. The van der Waals surface area contributed by atoms with Crippen molar-refractivity contribution in [2.24, 2.45) is 10.9 Å². The van der Waals surface area contributed by atoms with Crippen LogP contribution in [-0.2, 0) is 6.54 Å². The Morgan fingerprint density at radius 1 is 1.22 bits per heavy atom. The number of hydrogen-bond donors (Lipinski definition) is 3. The molecule has 5 rings (SSSR count). The van der Waals surface area contributed by atoms with Crippen molar-refractivity contribution in [1.29, 1.82) is 0 Å². The molecule has 0 amide bonds. The van der Waals surface area contributed by atoms with Gasteiger partial charge in [-0.15, -0.1) is 0 Å². The number of fused-ring (bicyclic) bond motifs is 1. The second-order valence-electron chi connectivity index (χ2n) is 6.94. The van der Waals surface area contributed by atoms with Crippen molar-refractivity contribution in [2.75, 3.05) is 17.2 Å². The van der Waals surface area contributed by atoms with E-state index in [0.29, 0.717) is 18.3 Å². The topological polar surface area (TPSA) is 78.0 Å². The van der Waals surface area contributed by atoms with Crippen molar-refractivity contribution in [3.63, 3.8) is 0 Å². The van der Waals surface area contributed by atoms with Crippen molar-refractivity contribution in [2.45, 2.75) is 19.4 Å². The minimum Gasteiger partial charge on any atom is -0.361 e. The van der Waals surface area contributed by atoms with Crippen molar-refractivity contribution < 1.29 is 4.39 Å². The fourth-order valence-corrected chi connectivity index (χ4v) is 3.39. The van der Waals surface area contributed by atoms with Crippen molar-refractivity contribution in [1.82, 2.24) is 15.0 Å². The Balaban J connectivity index is 1.29. The molecule has 6 nitrogen and oxygen atoms in total. The number of amidine groups is 1. The van der Waals surface area contributed by atoms with Gasteiger partial charge in [0.15, 0.2) is 0 Å². The Morgan fingerprint density at radius 2 is 2.15 bits per heavy atom. The molecule has 1 fully saturated rings. The zero-order valence-electron chi connectivity index (χ0n) is 14.7. The minimum atomic E-state index is -0.268. The van der Waals surface area contributed by atoms with Crippen molar-refractivity contribution in [3.05, 3.63) is 59.7 Å². The van der Waals surface area contributed by atoms with Gasteiger partial charge in [-0.1, -0.05) is 0 Å². The van der Waals surface area contributed by atoms with Gasteiger partial charge in [-0.3, -0.25) is 4.99 Å². The van der Waals surface area contributed by atoms with E-state index in [9.17, 15) is 4.39 Å². The molecule has 1 aliphatic carbocycles. The molecule has 0 bridgehead atoms. The van der Waals surface area contributed by atoms with E-state index in [1.165, 1.54) is 30.5 Å². The van der Waals surface area contributed by atoms with Gasteiger partial charge in [-0.25, -0.2) is 9.37 Å². The number of hydrogen-bond acceptors (Lipinski definition) is 5. The molecule has 1 aromatic carbocycles. The molecule has 2 aliphatic rings. The van der Waals surface area contributed by atoms with Crippen LogP contribution >= 0.6 is 0 Å². The van der Waals surface area contributed by atoms with Gasteiger partial charge in [-0.2, -0.15) is 4.98 Å². The third-order valence-corrected chi connectivity index (χ3v) is 4.92. The zero-order chi connectivity index (χ0) is 18.2. The highest BCUT2D eigenvalue weighted by Crippen LogP contribution is 2.37. The molecule has 3 aromatic rings. The average Bonchev–Trinajstić information content (AvgIpc) is 3.22. The van der Waals surface area contributed by atoms with Crippen LogP contribution in [0.25, 0.3) is 10.9 Å². The van der Waals surface area contributed by atoms with E-state index >= 15 is 0 Å². The summed E-state index contributed by atoms with van der Waals surface area (Å²) in [4.78, 5) is 16.3. The Morgan fingerprint density at radius 3 is 3.04 bits per heavy atom. The summed E-state index contributed by atoms with van der Waals surface area (Å²) in [6, 6.07) is 6.77. The number of H-pyrrole nitrogens is 1. The van der Waals surface area contributed by atoms with Crippen LogP contribution in [0.2, 0.25) is 0 Å². The molecule has 27 heavy (non-hydrogen) atoms. The van der Waals surface area contributed by atoms with Crippen LogP contribution in [0.4, 0.5) is 16.2 Å². The van der Waals surface area contributed by atoms with Gasteiger partial charge >= 0.3 is 0 Å². The first kappa shape index (κ1) is 16.0. The Bertz CT molecular complexity index is 1060. The number of aromatic nitrogens is 3. The van der Waals surface area contributed by atoms with Crippen LogP contribution in [0.3, 0.4) is 0 Å². The highest BCUT2D eigenvalue weighted by Gasteiger charge is 2.27. The van der Waals surface area contributed by atoms with Crippen LogP contribution < -0.4 is 10.6 Å². The maximum Gasteiger partial charge on any atom is 0.224 e. The lowest BCUT2D eigenvalue weighted by Crippen LogP contribution is -2.11. The molecular formula is C20H19FN6. The second kappa shape index (κ2) is 6.50. The normalized spacial score (nSPS) is 16.3. The van der Waals surface area contributed by atoms with Crippen LogP contribution in [0.5, 0.6) is 0 Å². The van der Waals surface area contributed by atoms with Crippen molar-refractivity contribution in [3.8, 4) is 0 Å². The van der Waals surface area contributed by atoms with Gasteiger partial charge in [0.2, 0.25) is 5.95 Å². The fraction of sp³-hybridized carbons (Fsp3) is 0.250. The first-order valence-electron chi connectivity index (χ1n) is 9.09. The van der Waals surface area contributed by atoms with Crippen LogP contribution in [0, 0.1) is 11.7 Å². The minimum absolute atomic E-state index is 0.268. The number of anilines is 2. The third-order valence-electron chi connectivity index (χ3n) is 4.92. The smallest absolute Gasteiger partial charge is 0.224 e. The SMILES string of the molecule is Fc1cc(CNc2nccc(NC3=NCC(C4CC4)=C3)n2)c2cc[nH]c2c1. The molecule has 0 unspecified atom stereocenters. The number of aliphatic imine (C=N–C) groups is 1. The summed E-state index contributed by atoms with van der Waals surface area (Å²) in [7, 11) is 0. The van der Waals surface area contributed by atoms with Gasteiger partial charge in [0.1, 0.15) is 17.5 Å². The molecule has 0 atom stereocenters. The molecule has 0 radical (unpaired) electrons. The average molecular weight is 362 g/mol. The Kier molecular flexibility index (Phi) is 3.85. The molecule has 0 spiro atoms. The van der Waals surface area contributed by atoms with Gasteiger partial charge < -0.3 is 15.6 Å². The molecule has 3 N–H and O–H groups in total. The Hall–Kier alpha value is -3.22. The summed E-state index contributed by atoms with van der Waals surface area (Å²) in [5, 5.41) is 7.40. The van der Waals surface area contributed by atoms with Crippen LogP contribution in [0.15, 0.2) is 53.3 Å². The summed E-state index contributed by atoms with van der Waals surface area (Å²) < 4.78 is 13.8. The maximum atomic E-state index is 13.8. The van der Waals surface area contributed by atoms with Gasteiger partial charge in [0, 0.05) is 29.8 Å². The summed E-state index contributed by atoms with van der Waals surface area (Å²) in [5.41, 5.74) is 3.04. The summed E-state index contributed by atoms with van der Waals surface area (Å²) in [6.07, 6.45) is 8.19. The first-order chi connectivity index (χ1) is 13.2. The predicted molar refractivity (Wildman–Crippen MR) is 104 cm³/mol. The molecule has 3 heterocycles. The highest BCUT2D eigenvalue weighted by molar-refractivity contribution is 6.05. The predicted octanol–water partition coefficient (Wildman–Crippen LogP) is 3.87. The van der Waals surface area contributed by atoms with E-state index in [2.05, 4.69) is 36.7 Å². The monoisotopic (exact) mass is 362 g/mol. The fourth-order valence-electron chi connectivity index (χ4n) is 3.39. The number of benzene rings is 1. The van der Waals surface area contributed by atoms with E-state index in [0.717, 1.165) is 34.8 Å². The van der Waals surface area contributed by atoms with Gasteiger partial charge in [-0.05, 0) is 60.2 Å².